The molecular weight excluding hydrogens is 385 g/mol. The van der Waals surface area contributed by atoms with Crippen LogP contribution in [0.5, 0.6) is 0 Å². The van der Waals surface area contributed by atoms with Crippen LogP contribution in [0.15, 0.2) is 48.5 Å². The summed E-state index contributed by atoms with van der Waals surface area (Å²) in [6, 6.07) is 14.5. The van der Waals surface area contributed by atoms with Crippen molar-refractivity contribution < 1.29 is 50.5 Å². The molecule has 28 heavy (non-hydrogen) atoms. The second-order valence-electron chi connectivity index (χ2n) is 6.47. The minimum atomic E-state index is -1.03. The van der Waals surface area contributed by atoms with Gasteiger partial charge in [-0.2, -0.15) is 11.8 Å². The molecule has 0 heterocycles. The van der Waals surface area contributed by atoms with Gasteiger partial charge in [0.25, 0.3) is 0 Å². The number of thioether (sulfide) groups is 1. The number of amides is 1. The van der Waals surface area contributed by atoms with Crippen molar-refractivity contribution in [3.63, 3.8) is 0 Å². The van der Waals surface area contributed by atoms with E-state index in [4.69, 9.17) is 5.11 Å². The first-order valence-corrected chi connectivity index (χ1v) is 9.77. The van der Waals surface area contributed by atoms with Gasteiger partial charge in [0.15, 0.2) is 0 Å². The van der Waals surface area contributed by atoms with Crippen LogP contribution < -0.4 is 34.9 Å². The molecule has 0 aliphatic carbocycles. The summed E-state index contributed by atoms with van der Waals surface area (Å²) in [6.07, 6.45) is 0.255. The van der Waals surface area contributed by atoms with Crippen LogP contribution in [0.4, 0.5) is 5.69 Å². The molecule has 0 aliphatic rings. The Hall–Kier alpha value is -1.60. The zero-order valence-electron chi connectivity index (χ0n) is 17.4. The Morgan fingerprint density at radius 2 is 1.82 bits per heavy atom. The molecule has 1 unspecified atom stereocenters. The first-order chi connectivity index (χ1) is 12.8. The Morgan fingerprint density at radius 1 is 1.14 bits per heavy atom. The molecule has 0 radical (unpaired) electrons. The Morgan fingerprint density at radius 3 is 2.43 bits per heavy atom. The summed E-state index contributed by atoms with van der Waals surface area (Å²) in [4.78, 5) is 34.9. The van der Waals surface area contributed by atoms with Crippen LogP contribution in [0.25, 0.3) is 0 Å². The Bertz CT molecular complexity index is 833. The third-order valence-electron chi connectivity index (χ3n) is 3.94. The summed E-state index contributed by atoms with van der Waals surface area (Å²) in [5.41, 5.74) is 2.42. The van der Waals surface area contributed by atoms with Crippen LogP contribution in [-0.2, 0) is 9.59 Å². The first kappa shape index (κ1) is 24.4. The van der Waals surface area contributed by atoms with E-state index in [0.717, 1.165) is 11.1 Å². The maximum atomic E-state index is 12.6. The molecule has 0 saturated carbocycles. The monoisotopic (exact) mass is 409 g/mol. The molecular formula is C21H24NNaO4S. The quantitative estimate of drug-likeness (QED) is 0.609. The molecule has 5 nitrogen and oxygen atoms in total. The predicted octanol–water partition coefficient (Wildman–Crippen LogP) is 1.24. The normalized spacial score (nSPS) is 11.2. The second kappa shape index (κ2) is 12.1. The van der Waals surface area contributed by atoms with E-state index in [9.17, 15) is 14.4 Å². The second-order valence-corrected chi connectivity index (χ2v) is 7.50. The fourth-order valence-electron chi connectivity index (χ4n) is 2.76. The number of Topliss-reactive ketones (excluding diaryl/α,β-unsaturated/α-hetero) is 1. The zero-order chi connectivity index (χ0) is 19.8. The van der Waals surface area contributed by atoms with Gasteiger partial charge in [-0.3, -0.25) is 9.59 Å². The van der Waals surface area contributed by atoms with Gasteiger partial charge in [-0.25, -0.2) is 4.79 Å². The van der Waals surface area contributed by atoms with Gasteiger partial charge >= 0.3 is 35.5 Å². The van der Waals surface area contributed by atoms with Gasteiger partial charge in [0, 0.05) is 23.8 Å². The van der Waals surface area contributed by atoms with E-state index in [0.29, 0.717) is 17.2 Å². The number of carboxylic acid groups (broad SMARTS) is 1. The van der Waals surface area contributed by atoms with Crippen LogP contribution in [0.1, 0.15) is 42.2 Å². The molecule has 144 valence electrons. The Kier molecular flexibility index (Phi) is 10.5. The van der Waals surface area contributed by atoms with Crippen LogP contribution in [0.2, 0.25) is 0 Å². The number of anilines is 1. The maximum absolute atomic E-state index is 12.6. The summed E-state index contributed by atoms with van der Waals surface area (Å²) in [5.74, 6) is -0.0570. The molecule has 0 aromatic heterocycles. The molecule has 1 atom stereocenters. The molecule has 0 saturated heterocycles. The number of carbonyl (C=O) groups is 3. The van der Waals surface area contributed by atoms with E-state index in [1.54, 1.807) is 26.0 Å². The number of hydrogen-bond donors (Lipinski definition) is 2. The molecule has 2 rings (SSSR count). The van der Waals surface area contributed by atoms with Crippen molar-refractivity contribution in [1.29, 1.82) is 0 Å². The SMILES string of the molecule is CC(=O)CSCC(CC(=O)Nc1cc(C)cc(C(=O)O)c1)c1ccccc1.[H-].[Na+]. The van der Waals surface area contributed by atoms with Crippen LogP contribution in [-0.4, -0.2) is 34.3 Å². The zero-order valence-corrected chi connectivity index (χ0v) is 19.2. The van der Waals surface area contributed by atoms with Crippen LogP contribution >= 0.6 is 11.8 Å². The van der Waals surface area contributed by atoms with Gasteiger partial charge in [0.05, 0.1) is 11.3 Å². The summed E-state index contributed by atoms with van der Waals surface area (Å²) in [6.45, 7) is 3.34. The molecule has 0 fully saturated rings. The van der Waals surface area contributed by atoms with Crippen molar-refractivity contribution in [3.8, 4) is 0 Å². The number of nitrogens with one attached hydrogen (secondary N) is 1. The van der Waals surface area contributed by atoms with Crippen LogP contribution in [0.3, 0.4) is 0 Å². The van der Waals surface area contributed by atoms with E-state index < -0.39 is 5.97 Å². The van der Waals surface area contributed by atoms with E-state index in [1.807, 2.05) is 30.3 Å². The van der Waals surface area contributed by atoms with Gasteiger partial charge in [-0.05, 0) is 43.2 Å². The summed E-state index contributed by atoms with van der Waals surface area (Å²) in [7, 11) is 0. The van der Waals surface area contributed by atoms with E-state index in [-0.39, 0.29) is 60.6 Å². The molecule has 1 amide bonds. The van der Waals surface area contributed by atoms with Crippen molar-refractivity contribution in [2.24, 2.45) is 0 Å². The Balaban J connectivity index is 0.00000392. The number of rotatable bonds is 9. The molecule has 0 spiro atoms. The minimum Gasteiger partial charge on any atom is -1.00 e. The summed E-state index contributed by atoms with van der Waals surface area (Å²) in [5, 5.41) is 12.0. The van der Waals surface area contributed by atoms with Gasteiger partial charge < -0.3 is 11.8 Å². The predicted molar refractivity (Wildman–Crippen MR) is 110 cm³/mol. The molecule has 2 aromatic carbocycles. The van der Waals surface area contributed by atoms with Crippen molar-refractivity contribution in [2.75, 3.05) is 16.8 Å². The average molecular weight is 409 g/mol. The van der Waals surface area contributed by atoms with Crippen molar-refractivity contribution in [3.05, 3.63) is 65.2 Å². The third kappa shape index (κ3) is 8.19. The molecule has 0 aliphatic heterocycles. The smallest absolute Gasteiger partial charge is 1.00 e. The fraction of sp³-hybridized carbons (Fsp3) is 0.286. The largest absolute Gasteiger partial charge is 1.00 e. The number of carbonyl (C=O) groups excluding carboxylic acids is 2. The van der Waals surface area contributed by atoms with E-state index in [1.165, 1.54) is 17.8 Å². The van der Waals surface area contributed by atoms with Crippen molar-refractivity contribution in [2.45, 2.75) is 26.2 Å². The van der Waals surface area contributed by atoms with Gasteiger partial charge in [-0.15, -0.1) is 0 Å². The van der Waals surface area contributed by atoms with Gasteiger partial charge in [0.2, 0.25) is 5.91 Å². The average Bonchev–Trinajstić information content (AvgIpc) is 2.60. The molecule has 2 aromatic rings. The Labute approximate surface area is 193 Å². The number of carboxylic acids is 1. The van der Waals surface area contributed by atoms with Gasteiger partial charge in [0.1, 0.15) is 5.78 Å². The molecule has 7 heteroatoms. The standard InChI is InChI=1S/C21H23NO4S.Na.H/c1-14-8-17(21(25)26)10-19(9-14)22-20(24)11-18(13-27-12-15(2)23)16-6-4-3-5-7-16;;/h3-10,18H,11-13H2,1-2H3,(H,22,24)(H,25,26);;/q;+1;-1. The minimum absolute atomic E-state index is 0. The van der Waals surface area contributed by atoms with Crippen molar-refractivity contribution >= 4 is 35.1 Å². The molecule has 2 N–H and O–H groups in total. The first-order valence-electron chi connectivity index (χ1n) is 8.62. The van der Waals surface area contributed by atoms with E-state index in [2.05, 4.69) is 5.32 Å². The number of aromatic carboxylic acids is 1. The number of ketones is 1. The number of aryl methyl sites for hydroxylation is 1. The number of benzene rings is 2. The topological polar surface area (TPSA) is 83.5 Å². The fourth-order valence-corrected chi connectivity index (χ4v) is 3.76. The number of hydrogen-bond acceptors (Lipinski definition) is 4. The maximum Gasteiger partial charge on any atom is 1.00 e. The summed E-state index contributed by atoms with van der Waals surface area (Å²) < 4.78 is 0. The van der Waals surface area contributed by atoms with Crippen molar-refractivity contribution in [1.82, 2.24) is 0 Å². The molecule has 0 bridgehead atoms. The van der Waals surface area contributed by atoms with Crippen LogP contribution in [0, 0.1) is 6.92 Å². The van der Waals surface area contributed by atoms with E-state index >= 15 is 0 Å². The van der Waals surface area contributed by atoms with Gasteiger partial charge in [-0.1, -0.05) is 30.3 Å². The third-order valence-corrected chi connectivity index (χ3v) is 5.18. The summed E-state index contributed by atoms with van der Waals surface area (Å²) >= 11 is 1.51.